The molecule has 1 heterocycles. The fraction of sp³-hybridized carbons (Fsp3) is 1.00. The van der Waals surface area contributed by atoms with Crippen molar-refractivity contribution in [1.82, 2.24) is 0 Å². The number of aliphatic hydroxyl groups excluding tert-OH is 1. The molecule has 1 N–H and O–H groups in total. The Hall–Kier alpha value is -0.0800. The Morgan fingerprint density at radius 3 is 2.50 bits per heavy atom. The standard InChI is InChI=1S/C10H20O2/c1-4-7(2)5-8(3)10-9(6-11)12-10/h7-11H,4-6H2,1-3H3/t7-,8-,9+,10+/m1/s1. The molecule has 0 amide bonds. The molecule has 0 radical (unpaired) electrons. The molecule has 12 heavy (non-hydrogen) atoms. The molecular weight excluding hydrogens is 152 g/mol. The van der Waals surface area contributed by atoms with Gasteiger partial charge in [-0.25, -0.2) is 0 Å². The molecule has 1 aliphatic heterocycles. The second-order valence-electron chi connectivity index (χ2n) is 4.05. The molecule has 0 aromatic carbocycles. The van der Waals surface area contributed by atoms with Crippen LogP contribution in [0.1, 0.15) is 33.6 Å². The van der Waals surface area contributed by atoms with Gasteiger partial charge in [-0.2, -0.15) is 0 Å². The van der Waals surface area contributed by atoms with Crippen LogP contribution >= 0.6 is 0 Å². The summed E-state index contributed by atoms with van der Waals surface area (Å²) in [6.07, 6.45) is 2.94. The molecule has 0 bridgehead atoms. The Bertz CT molecular complexity index is 136. The van der Waals surface area contributed by atoms with Crippen molar-refractivity contribution in [3.8, 4) is 0 Å². The Balaban J connectivity index is 2.17. The lowest BCUT2D eigenvalue weighted by Gasteiger charge is -2.13. The molecule has 0 aliphatic carbocycles. The number of hydrogen-bond donors (Lipinski definition) is 1. The summed E-state index contributed by atoms with van der Waals surface area (Å²) in [5.41, 5.74) is 0. The van der Waals surface area contributed by atoms with E-state index < -0.39 is 0 Å². The summed E-state index contributed by atoms with van der Waals surface area (Å²) in [6, 6.07) is 0. The zero-order chi connectivity index (χ0) is 9.14. The van der Waals surface area contributed by atoms with Gasteiger partial charge in [0.2, 0.25) is 0 Å². The fourth-order valence-electron chi connectivity index (χ4n) is 1.74. The van der Waals surface area contributed by atoms with Crippen LogP contribution in [-0.2, 0) is 4.74 Å². The van der Waals surface area contributed by atoms with Crippen molar-refractivity contribution in [3.63, 3.8) is 0 Å². The van der Waals surface area contributed by atoms with Crippen molar-refractivity contribution in [3.05, 3.63) is 0 Å². The highest BCUT2D eigenvalue weighted by molar-refractivity contribution is 4.88. The predicted octanol–water partition coefficient (Wildman–Crippen LogP) is 1.82. The van der Waals surface area contributed by atoms with E-state index in [-0.39, 0.29) is 12.7 Å². The maximum Gasteiger partial charge on any atom is 0.107 e. The summed E-state index contributed by atoms with van der Waals surface area (Å²) >= 11 is 0. The van der Waals surface area contributed by atoms with Gasteiger partial charge in [-0.1, -0.05) is 27.2 Å². The van der Waals surface area contributed by atoms with Crippen LogP contribution in [0.15, 0.2) is 0 Å². The quantitative estimate of drug-likeness (QED) is 0.642. The molecule has 1 fully saturated rings. The molecule has 4 atom stereocenters. The molecule has 1 saturated heterocycles. The van der Waals surface area contributed by atoms with Gasteiger partial charge in [-0.15, -0.1) is 0 Å². The highest BCUT2D eigenvalue weighted by atomic mass is 16.6. The molecule has 2 nitrogen and oxygen atoms in total. The van der Waals surface area contributed by atoms with Crippen molar-refractivity contribution in [1.29, 1.82) is 0 Å². The van der Waals surface area contributed by atoms with E-state index in [0.717, 1.165) is 5.92 Å². The summed E-state index contributed by atoms with van der Waals surface area (Å²) < 4.78 is 5.32. The van der Waals surface area contributed by atoms with Crippen molar-refractivity contribution >= 4 is 0 Å². The topological polar surface area (TPSA) is 32.8 Å². The van der Waals surface area contributed by atoms with Gasteiger partial charge in [-0.3, -0.25) is 0 Å². The van der Waals surface area contributed by atoms with Crippen LogP contribution in [0.3, 0.4) is 0 Å². The zero-order valence-electron chi connectivity index (χ0n) is 8.29. The molecule has 72 valence electrons. The highest BCUT2D eigenvalue weighted by Gasteiger charge is 2.42. The average molecular weight is 172 g/mol. The van der Waals surface area contributed by atoms with E-state index in [9.17, 15) is 0 Å². The lowest BCUT2D eigenvalue weighted by atomic mass is 9.92. The summed E-state index contributed by atoms with van der Waals surface area (Å²) in [6.45, 7) is 6.89. The van der Waals surface area contributed by atoms with Gasteiger partial charge in [0.15, 0.2) is 0 Å². The first-order valence-corrected chi connectivity index (χ1v) is 4.95. The Kier molecular flexibility index (Phi) is 3.53. The van der Waals surface area contributed by atoms with E-state index >= 15 is 0 Å². The van der Waals surface area contributed by atoms with Gasteiger partial charge in [0, 0.05) is 0 Å². The van der Waals surface area contributed by atoms with E-state index in [1.54, 1.807) is 0 Å². The van der Waals surface area contributed by atoms with E-state index in [2.05, 4.69) is 20.8 Å². The molecule has 1 aliphatic rings. The van der Waals surface area contributed by atoms with Gasteiger partial charge in [-0.05, 0) is 18.3 Å². The van der Waals surface area contributed by atoms with Crippen LogP contribution < -0.4 is 0 Å². The Morgan fingerprint density at radius 2 is 2.08 bits per heavy atom. The average Bonchev–Trinajstić information content (AvgIpc) is 2.82. The lowest BCUT2D eigenvalue weighted by Crippen LogP contribution is -2.12. The molecular formula is C10H20O2. The van der Waals surface area contributed by atoms with Crippen LogP contribution in [0.5, 0.6) is 0 Å². The highest BCUT2D eigenvalue weighted by Crippen LogP contribution is 2.32. The van der Waals surface area contributed by atoms with Crippen molar-refractivity contribution in [2.24, 2.45) is 11.8 Å². The summed E-state index contributed by atoms with van der Waals surface area (Å²) in [5, 5.41) is 8.79. The second kappa shape index (κ2) is 4.24. The predicted molar refractivity (Wildman–Crippen MR) is 49.0 cm³/mol. The minimum Gasteiger partial charge on any atom is -0.394 e. The third-order valence-electron chi connectivity index (χ3n) is 2.83. The van der Waals surface area contributed by atoms with E-state index in [1.807, 2.05) is 0 Å². The van der Waals surface area contributed by atoms with Crippen LogP contribution in [0.4, 0.5) is 0 Å². The van der Waals surface area contributed by atoms with E-state index in [0.29, 0.717) is 12.0 Å². The van der Waals surface area contributed by atoms with Crippen molar-refractivity contribution in [2.45, 2.75) is 45.8 Å². The third kappa shape index (κ3) is 2.46. The normalized spacial score (nSPS) is 33.0. The maximum absolute atomic E-state index is 8.79. The first-order chi connectivity index (χ1) is 5.69. The molecule has 0 unspecified atom stereocenters. The molecule has 2 heteroatoms. The van der Waals surface area contributed by atoms with Crippen molar-refractivity contribution < 1.29 is 9.84 Å². The maximum atomic E-state index is 8.79. The van der Waals surface area contributed by atoms with Gasteiger partial charge in [0.25, 0.3) is 0 Å². The van der Waals surface area contributed by atoms with Gasteiger partial charge in [0.05, 0.1) is 12.7 Å². The summed E-state index contributed by atoms with van der Waals surface area (Å²) in [5.74, 6) is 1.39. The number of aliphatic hydroxyl groups is 1. The Labute approximate surface area is 74.9 Å². The van der Waals surface area contributed by atoms with Crippen LogP contribution in [-0.4, -0.2) is 23.9 Å². The lowest BCUT2D eigenvalue weighted by molar-refractivity contribution is 0.237. The van der Waals surface area contributed by atoms with Crippen LogP contribution in [0.2, 0.25) is 0 Å². The smallest absolute Gasteiger partial charge is 0.107 e. The minimum atomic E-state index is 0.143. The largest absolute Gasteiger partial charge is 0.394 e. The van der Waals surface area contributed by atoms with Crippen LogP contribution in [0.25, 0.3) is 0 Å². The number of rotatable bonds is 5. The van der Waals surface area contributed by atoms with Gasteiger partial charge in [0.1, 0.15) is 6.10 Å². The SMILES string of the molecule is CC[C@@H](C)C[C@@H](C)[C@@H]1O[C@H]1CO. The van der Waals surface area contributed by atoms with Gasteiger partial charge >= 0.3 is 0 Å². The molecule has 0 spiro atoms. The minimum absolute atomic E-state index is 0.143. The first-order valence-electron chi connectivity index (χ1n) is 4.95. The first kappa shape index (κ1) is 10.0. The molecule has 0 saturated carbocycles. The Morgan fingerprint density at radius 1 is 1.42 bits per heavy atom. The number of ether oxygens (including phenoxy) is 1. The third-order valence-corrected chi connectivity index (χ3v) is 2.83. The molecule has 0 aromatic heterocycles. The van der Waals surface area contributed by atoms with Crippen LogP contribution in [0, 0.1) is 11.8 Å². The zero-order valence-corrected chi connectivity index (χ0v) is 8.29. The summed E-state index contributed by atoms with van der Waals surface area (Å²) in [7, 11) is 0. The fourth-order valence-corrected chi connectivity index (χ4v) is 1.74. The number of hydrogen-bond acceptors (Lipinski definition) is 2. The monoisotopic (exact) mass is 172 g/mol. The molecule has 1 rings (SSSR count). The summed E-state index contributed by atoms with van der Waals surface area (Å²) in [4.78, 5) is 0. The van der Waals surface area contributed by atoms with E-state index in [4.69, 9.17) is 9.84 Å². The van der Waals surface area contributed by atoms with Crippen molar-refractivity contribution in [2.75, 3.05) is 6.61 Å². The second-order valence-corrected chi connectivity index (χ2v) is 4.05. The van der Waals surface area contributed by atoms with Gasteiger partial charge < -0.3 is 9.84 Å². The molecule has 0 aromatic rings. The number of epoxide rings is 1. The van der Waals surface area contributed by atoms with E-state index in [1.165, 1.54) is 12.8 Å².